The van der Waals surface area contributed by atoms with Gasteiger partial charge in [0.1, 0.15) is 17.0 Å². The average Bonchev–Trinajstić information content (AvgIpc) is 3.66. The molecule has 6 aromatic carbocycles. The summed E-state index contributed by atoms with van der Waals surface area (Å²) in [5.41, 5.74) is 13.4. The number of aromatic nitrogens is 2. The zero-order valence-electron chi connectivity index (χ0n) is 26.7. The molecule has 0 unspecified atom stereocenters. The van der Waals surface area contributed by atoms with Crippen LogP contribution in [-0.2, 0) is 0 Å². The highest BCUT2D eigenvalue weighted by Gasteiger charge is 2.25. The van der Waals surface area contributed by atoms with Gasteiger partial charge in [-0.1, -0.05) is 119 Å². The number of nitrogens with zero attached hydrogens (tertiary/aromatic N) is 2. The molecule has 0 saturated heterocycles. The van der Waals surface area contributed by atoms with Gasteiger partial charge >= 0.3 is 0 Å². The van der Waals surface area contributed by atoms with Crippen molar-refractivity contribution in [2.75, 3.05) is 0 Å². The number of para-hydroxylation sites is 3. The predicted molar refractivity (Wildman–Crippen MR) is 193 cm³/mol. The topological polar surface area (TPSA) is 31.0 Å². The fraction of sp³-hybridized carbons (Fsp3) is 0.140. The fourth-order valence-corrected chi connectivity index (χ4v) is 6.83. The second-order valence-electron chi connectivity index (χ2n) is 12.8. The molecule has 3 nitrogen and oxygen atoms in total. The Kier molecular flexibility index (Phi) is 6.83. The van der Waals surface area contributed by atoms with Crippen LogP contribution >= 0.6 is 0 Å². The normalized spacial score (nSPS) is 11.9. The SMILES string of the molecule is CC(C)c1cc(-c2ccccc2)cc(C(C)C)c1-n1c(-c2cccc3c2oc2cc(-c4ccccc4)ccc23)nc2ccccc21. The molecule has 0 radical (unpaired) electrons. The van der Waals surface area contributed by atoms with Gasteiger partial charge in [0.25, 0.3) is 0 Å². The van der Waals surface area contributed by atoms with E-state index in [1.807, 2.05) is 6.07 Å². The molecule has 0 atom stereocenters. The Bertz CT molecular complexity index is 2330. The number of rotatable bonds is 6. The molecule has 8 aromatic rings. The molecular weight excluding hydrogens is 560 g/mol. The molecule has 0 amide bonds. The summed E-state index contributed by atoms with van der Waals surface area (Å²) in [5, 5.41) is 2.20. The first kappa shape index (κ1) is 28.1. The number of benzene rings is 6. The van der Waals surface area contributed by atoms with Gasteiger partial charge < -0.3 is 4.42 Å². The molecule has 8 rings (SSSR count). The third-order valence-electron chi connectivity index (χ3n) is 9.15. The van der Waals surface area contributed by atoms with E-state index in [9.17, 15) is 0 Å². The Hall–Kier alpha value is -5.41. The van der Waals surface area contributed by atoms with Gasteiger partial charge in [0.2, 0.25) is 0 Å². The monoisotopic (exact) mass is 596 g/mol. The third-order valence-corrected chi connectivity index (χ3v) is 9.15. The van der Waals surface area contributed by atoms with E-state index in [1.54, 1.807) is 0 Å². The van der Waals surface area contributed by atoms with E-state index in [2.05, 4.69) is 160 Å². The Labute approximate surface area is 269 Å². The maximum Gasteiger partial charge on any atom is 0.149 e. The van der Waals surface area contributed by atoms with Crippen LogP contribution in [0.1, 0.15) is 50.7 Å². The van der Waals surface area contributed by atoms with Crippen LogP contribution < -0.4 is 0 Å². The molecule has 2 heterocycles. The first-order valence-electron chi connectivity index (χ1n) is 16.2. The third kappa shape index (κ3) is 4.62. The van der Waals surface area contributed by atoms with Gasteiger partial charge in [0.05, 0.1) is 22.3 Å². The minimum atomic E-state index is 0.295. The number of furan rings is 1. The standard InChI is InChI=1S/C43H36N2O/c1-27(2)36-24-32(30-16-9-6-10-17-30)25-37(28(3)4)41(36)45-39-21-12-11-20-38(39)44-43(45)35-19-13-18-34-33-23-22-31(26-40(33)46-42(34)35)29-14-7-5-8-15-29/h5-28H,1-4H3. The van der Waals surface area contributed by atoms with Crippen molar-refractivity contribution < 1.29 is 4.42 Å². The molecule has 0 aliphatic heterocycles. The molecule has 0 N–H and O–H groups in total. The first-order chi connectivity index (χ1) is 22.5. The van der Waals surface area contributed by atoms with Crippen molar-refractivity contribution in [3.05, 3.63) is 145 Å². The maximum atomic E-state index is 6.77. The van der Waals surface area contributed by atoms with Crippen molar-refractivity contribution in [2.45, 2.75) is 39.5 Å². The molecule has 0 aliphatic rings. The fourth-order valence-electron chi connectivity index (χ4n) is 6.83. The molecule has 0 saturated carbocycles. The van der Waals surface area contributed by atoms with Crippen LogP contribution in [0.4, 0.5) is 0 Å². The van der Waals surface area contributed by atoms with Crippen molar-refractivity contribution >= 4 is 33.0 Å². The minimum absolute atomic E-state index is 0.295. The summed E-state index contributed by atoms with van der Waals surface area (Å²) in [6.07, 6.45) is 0. The lowest BCUT2D eigenvalue weighted by Gasteiger charge is -2.24. The van der Waals surface area contributed by atoms with Gasteiger partial charge in [-0.25, -0.2) is 4.98 Å². The zero-order chi connectivity index (χ0) is 31.4. The van der Waals surface area contributed by atoms with Crippen LogP contribution in [0, 0.1) is 0 Å². The van der Waals surface area contributed by atoms with Gasteiger partial charge in [-0.2, -0.15) is 0 Å². The number of fused-ring (bicyclic) bond motifs is 4. The largest absolute Gasteiger partial charge is 0.455 e. The predicted octanol–water partition coefficient (Wildman–Crippen LogP) is 12.2. The lowest BCUT2D eigenvalue weighted by atomic mass is 9.88. The summed E-state index contributed by atoms with van der Waals surface area (Å²) >= 11 is 0. The van der Waals surface area contributed by atoms with Crippen molar-refractivity contribution in [3.63, 3.8) is 0 Å². The van der Waals surface area contributed by atoms with Crippen molar-refractivity contribution in [1.29, 1.82) is 0 Å². The number of hydrogen-bond acceptors (Lipinski definition) is 2. The second-order valence-corrected chi connectivity index (χ2v) is 12.8. The van der Waals surface area contributed by atoms with Gasteiger partial charge in [0.15, 0.2) is 0 Å². The summed E-state index contributed by atoms with van der Waals surface area (Å²) in [6, 6.07) is 47.4. The molecule has 0 bridgehead atoms. The molecule has 2 aromatic heterocycles. The molecule has 224 valence electrons. The summed E-state index contributed by atoms with van der Waals surface area (Å²) in [6.45, 7) is 9.17. The van der Waals surface area contributed by atoms with E-state index < -0.39 is 0 Å². The molecule has 46 heavy (non-hydrogen) atoms. The van der Waals surface area contributed by atoms with Crippen LogP contribution in [0.3, 0.4) is 0 Å². The van der Waals surface area contributed by atoms with Crippen molar-refractivity contribution in [3.8, 4) is 39.3 Å². The lowest BCUT2D eigenvalue weighted by Crippen LogP contribution is -2.09. The Morgan fingerprint density at radius 2 is 1.17 bits per heavy atom. The van der Waals surface area contributed by atoms with Crippen LogP contribution in [-0.4, -0.2) is 9.55 Å². The maximum absolute atomic E-state index is 6.77. The molecule has 0 aliphatic carbocycles. The number of imidazole rings is 1. The van der Waals surface area contributed by atoms with E-state index in [4.69, 9.17) is 9.40 Å². The Morgan fingerprint density at radius 3 is 1.85 bits per heavy atom. The second kappa shape index (κ2) is 11.2. The van der Waals surface area contributed by atoms with Gasteiger partial charge in [-0.15, -0.1) is 0 Å². The van der Waals surface area contributed by atoms with E-state index >= 15 is 0 Å². The van der Waals surface area contributed by atoms with Crippen LogP contribution in [0.2, 0.25) is 0 Å². The molecular formula is C43H36N2O. The van der Waals surface area contributed by atoms with Crippen LogP contribution in [0.5, 0.6) is 0 Å². The summed E-state index contributed by atoms with van der Waals surface area (Å²) in [7, 11) is 0. The summed E-state index contributed by atoms with van der Waals surface area (Å²) in [4.78, 5) is 5.33. The number of hydrogen-bond donors (Lipinski definition) is 0. The lowest BCUT2D eigenvalue weighted by molar-refractivity contribution is 0.669. The van der Waals surface area contributed by atoms with Crippen molar-refractivity contribution in [2.24, 2.45) is 0 Å². The van der Waals surface area contributed by atoms with Crippen molar-refractivity contribution in [1.82, 2.24) is 9.55 Å². The van der Waals surface area contributed by atoms with E-state index in [0.717, 1.165) is 49.9 Å². The zero-order valence-corrected chi connectivity index (χ0v) is 26.7. The quantitative estimate of drug-likeness (QED) is 0.191. The molecule has 3 heteroatoms. The average molecular weight is 597 g/mol. The Balaban J connectivity index is 1.42. The van der Waals surface area contributed by atoms with Crippen LogP contribution in [0.25, 0.3) is 72.3 Å². The highest BCUT2D eigenvalue weighted by Crippen LogP contribution is 2.43. The smallest absolute Gasteiger partial charge is 0.149 e. The molecule has 0 spiro atoms. The highest BCUT2D eigenvalue weighted by atomic mass is 16.3. The van der Waals surface area contributed by atoms with E-state index in [1.165, 1.54) is 33.5 Å². The van der Waals surface area contributed by atoms with Gasteiger partial charge in [-0.3, -0.25) is 4.57 Å². The summed E-state index contributed by atoms with van der Waals surface area (Å²) < 4.78 is 9.16. The van der Waals surface area contributed by atoms with E-state index in [0.29, 0.717) is 11.8 Å². The van der Waals surface area contributed by atoms with Gasteiger partial charge in [-0.05, 0) is 87.7 Å². The van der Waals surface area contributed by atoms with Gasteiger partial charge in [0, 0.05) is 10.8 Å². The Morgan fingerprint density at radius 1 is 0.543 bits per heavy atom. The molecule has 0 fully saturated rings. The van der Waals surface area contributed by atoms with E-state index in [-0.39, 0.29) is 0 Å². The van der Waals surface area contributed by atoms with Crippen LogP contribution in [0.15, 0.2) is 138 Å². The summed E-state index contributed by atoms with van der Waals surface area (Å²) in [5.74, 6) is 1.48. The minimum Gasteiger partial charge on any atom is -0.455 e. The first-order valence-corrected chi connectivity index (χ1v) is 16.2. The highest BCUT2D eigenvalue weighted by molar-refractivity contribution is 6.10.